The molecule has 0 spiro atoms. The smallest absolute Gasteiger partial charge is 0.337 e. The van der Waals surface area contributed by atoms with E-state index in [9.17, 15) is 18.0 Å². The molecule has 1 aromatic heterocycles. The molecule has 106 valence electrons. The topological polar surface area (TPSA) is 49.0 Å². The fraction of sp³-hybridized carbons (Fsp3) is 0.636. The average molecular weight is 340 g/mol. The van der Waals surface area contributed by atoms with Crippen molar-refractivity contribution >= 4 is 21.8 Å². The van der Waals surface area contributed by atoms with Crippen LogP contribution in [0.4, 0.5) is 13.2 Å². The van der Waals surface area contributed by atoms with Crippen LogP contribution < -0.4 is 0 Å². The highest BCUT2D eigenvalue weighted by Crippen LogP contribution is 2.33. The number of amides is 1. The minimum absolute atomic E-state index is 0.0774. The molecule has 1 aliphatic rings. The van der Waals surface area contributed by atoms with Crippen LogP contribution in [0.15, 0.2) is 4.47 Å². The molecule has 4 nitrogen and oxygen atoms in total. The molecule has 1 fully saturated rings. The normalized spacial score (nSPS) is 20.7. The maximum absolute atomic E-state index is 12.7. The molecule has 1 atom stereocenters. The van der Waals surface area contributed by atoms with E-state index in [1.165, 1.54) is 4.90 Å². The number of likely N-dealkylation sites (tertiary alicyclic amines) is 1. The highest BCUT2D eigenvalue weighted by atomic mass is 79.9. The molecule has 1 aliphatic heterocycles. The number of aromatic nitrogens is 2. The summed E-state index contributed by atoms with van der Waals surface area (Å²) in [6, 6.07) is 0. The van der Waals surface area contributed by atoms with Crippen LogP contribution in [0.25, 0.3) is 0 Å². The lowest BCUT2D eigenvalue weighted by molar-refractivity contribution is -0.184. The van der Waals surface area contributed by atoms with Gasteiger partial charge in [0.25, 0.3) is 5.91 Å². The van der Waals surface area contributed by atoms with Gasteiger partial charge in [0, 0.05) is 18.8 Å². The number of H-pyrrole nitrogens is 1. The van der Waals surface area contributed by atoms with Crippen LogP contribution >= 0.6 is 15.9 Å². The van der Waals surface area contributed by atoms with Gasteiger partial charge < -0.3 is 4.90 Å². The summed E-state index contributed by atoms with van der Waals surface area (Å²) < 4.78 is 38.6. The van der Waals surface area contributed by atoms with Gasteiger partial charge in [-0.3, -0.25) is 9.89 Å². The molecule has 1 saturated heterocycles. The van der Waals surface area contributed by atoms with E-state index in [0.717, 1.165) is 0 Å². The summed E-state index contributed by atoms with van der Waals surface area (Å²) in [4.78, 5) is 13.4. The largest absolute Gasteiger partial charge is 0.393 e. The first-order chi connectivity index (χ1) is 8.80. The van der Waals surface area contributed by atoms with Crippen molar-refractivity contribution in [3.8, 4) is 0 Å². The van der Waals surface area contributed by atoms with Crippen LogP contribution in [0.3, 0.4) is 0 Å². The summed E-state index contributed by atoms with van der Waals surface area (Å²) in [5, 5.41) is 6.47. The Morgan fingerprint density at radius 3 is 2.74 bits per heavy atom. The summed E-state index contributed by atoms with van der Waals surface area (Å²) in [5.41, 5.74) is 0.813. The van der Waals surface area contributed by atoms with E-state index in [-0.39, 0.29) is 18.7 Å². The second-order valence-corrected chi connectivity index (χ2v) is 5.44. The molecule has 2 heterocycles. The summed E-state index contributed by atoms with van der Waals surface area (Å²) in [6.07, 6.45) is -3.82. The van der Waals surface area contributed by atoms with E-state index in [1.807, 2.05) is 0 Å². The zero-order valence-corrected chi connectivity index (χ0v) is 11.8. The Balaban J connectivity index is 2.14. The highest BCUT2D eigenvalue weighted by Gasteiger charge is 2.43. The van der Waals surface area contributed by atoms with Crippen LogP contribution in [-0.4, -0.2) is 40.3 Å². The zero-order chi connectivity index (χ0) is 14.2. The quantitative estimate of drug-likeness (QED) is 0.855. The van der Waals surface area contributed by atoms with Crippen molar-refractivity contribution in [3.05, 3.63) is 15.9 Å². The predicted octanol–water partition coefficient (Wildman–Crippen LogP) is 2.90. The van der Waals surface area contributed by atoms with E-state index >= 15 is 0 Å². The Hall–Kier alpha value is -1.05. The third kappa shape index (κ3) is 2.93. The number of hydrogen-bond acceptors (Lipinski definition) is 2. The fourth-order valence-corrected chi connectivity index (χ4v) is 2.48. The first-order valence-corrected chi connectivity index (χ1v) is 6.66. The molecule has 19 heavy (non-hydrogen) atoms. The van der Waals surface area contributed by atoms with Gasteiger partial charge in [0.1, 0.15) is 0 Å². The number of alkyl halides is 3. The molecule has 8 heteroatoms. The maximum atomic E-state index is 12.7. The first kappa shape index (κ1) is 14.4. The van der Waals surface area contributed by atoms with Crippen molar-refractivity contribution < 1.29 is 18.0 Å². The molecule has 0 unspecified atom stereocenters. The van der Waals surface area contributed by atoms with Crippen LogP contribution in [0.1, 0.15) is 29.0 Å². The average Bonchev–Trinajstić information content (AvgIpc) is 2.68. The van der Waals surface area contributed by atoms with Gasteiger partial charge in [-0.25, -0.2) is 0 Å². The van der Waals surface area contributed by atoms with Crippen LogP contribution in [0.2, 0.25) is 0 Å². The molecule has 1 aromatic rings. The van der Waals surface area contributed by atoms with E-state index in [2.05, 4.69) is 26.1 Å². The lowest BCUT2D eigenvalue weighted by atomic mass is 9.97. The molecule has 2 rings (SSSR count). The minimum Gasteiger partial charge on any atom is -0.337 e. The molecular formula is C11H13BrF3N3O. The number of nitrogens with zero attached hydrogens (tertiary/aromatic N) is 2. The molecule has 0 aromatic carbocycles. The SMILES string of the molecule is Cc1[nH]nc(C(=O)N2CCC[C@H](C(F)(F)F)C2)c1Br. The molecular weight excluding hydrogens is 327 g/mol. The van der Waals surface area contributed by atoms with E-state index in [0.29, 0.717) is 23.1 Å². The fourth-order valence-electron chi connectivity index (χ4n) is 2.14. The summed E-state index contributed by atoms with van der Waals surface area (Å²) in [7, 11) is 0. The number of aromatic amines is 1. The maximum Gasteiger partial charge on any atom is 0.393 e. The first-order valence-electron chi connectivity index (χ1n) is 5.87. The van der Waals surface area contributed by atoms with Crippen molar-refractivity contribution in [2.75, 3.05) is 13.1 Å². The number of hydrogen-bond donors (Lipinski definition) is 1. The standard InChI is InChI=1S/C11H13BrF3N3O/c1-6-8(12)9(17-16-6)10(19)18-4-2-3-7(5-18)11(13,14)15/h7H,2-5H2,1H3,(H,16,17)/t7-/m0/s1. The van der Waals surface area contributed by atoms with Gasteiger partial charge in [-0.05, 0) is 35.7 Å². The zero-order valence-electron chi connectivity index (χ0n) is 10.2. The van der Waals surface area contributed by atoms with Crippen molar-refractivity contribution in [2.45, 2.75) is 25.9 Å². The van der Waals surface area contributed by atoms with Gasteiger partial charge in [0.05, 0.1) is 10.4 Å². The van der Waals surface area contributed by atoms with Crippen molar-refractivity contribution in [3.63, 3.8) is 0 Å². The third-order valence-corrected chi connectivity index (χ3v) is 4.22. The molecule has 0 radical (unpaired) electrons. The number of carbonyl (C=O) groups is 1. The van der Waals surface area contributed by atoms with Gasteiger partial charge in [0.2, 0.25) is 0 Å². The second kappa shape index (κ2) is 5.15. The van der Waals surface area contributed by atoms with Crippen LogP contribution in [0, 0.1) is 12.8 Å². The lowest BCUT2D eigenvalue weighted by Crippen LogP contribution is -2.44. The number of nitrogens with one attached hydrogen (secondary N) is 1. The van der Waals surface area contributed by atoms with Gasteiger partial charge in [-0.1, -0.05) is 0 Å². The second-order valence-electron chi connectivity index (χ2n) is 4.64. The number of carbonyl (C=O) groups excluding carboxylic acids is 1. The van der Waals surface area contributed by atoms with E-state index in [1.54, 1.807) is 6.92 Å². The molecule has 0 bridgehead atoms. The summed E-state index contributed by atoms with van der Waals surface area (Å²) in [5.74, 6) is -1.91. The van der Waals surface area contributed by atoms with Crippen LogP contribution in [-0.2, 0) is 0 Å². The number of rotatable bonds is 1. The van der Waals surface area contributed by atoms with Gasteiger partial charge in [0.15, 0.2) is 5.69 Å². The van der Waals surface area contributed by atoms with Crippen molar-refractivity contribution in [1.82, 2.24) is 15.1 Å². The minimum atomic E-state index is -4.25. The lowest BCUT2D eigenvalue weighted by Gasteiger charge is -2.33. The number of aryl methyl sites for hydroxylation is 1. The molecule has 1 amide bonds. The van der Waals surface area contributed by atoms with Gasteiger partial charge in [-0.15, -0.1) is 0 Å². The Labute approximate surface area is 116 Å². The molecule has 0 aliphatic carbocycles. The third-order valence-electron chi connectivity index (χ3n) is 3.25. The Bertz CT molecular complexity index is 486. The predicted molar refractivity (Wildman–Crippen MR) is 65.7 cm³/mol. The van der Waals surface area contributed by atoms with Gasteiger partial charge >= 0.3 is 6.18 Å². The Morgan fingerprint density at radius 1 is 1.53 bits per heavy atom. The highest BCUT2D eigenvalue weighted by molar-refractivity contribution is 9.10. The van der Waals surface area contributed by atoms with Crippen molar-refractivity contribution in [2.24, 2.45) is 5.92 Å². The van der Waals surface area contributed by atoms with E-state index < -0.39 is 18.0 Å². The molecule has 1 N–H and O–H groups in total. The number of halogens is 4. The summed E-state index contributed by atoms with van der Waals surface area (Å²) in [6.45, 7) is 1.77. The van der Waals surface area contributed by atoms with E-state index in [4.69, 9.17) is 0 Å². The Kier molecular flexibility index (Phi) is 3.89. The van der Waals surface area contributed by atoms with Gasteiger partial charge in [-0.2, -0.15) is 18.3 Å². The van der Waals surface area contributed by atoms with Crippen LogP contribution in [0.5, 0.6) is 0 Å². The van der Waals surface area contributed by atoms with Crippen molar-refractivity contribution in [1.29, 1.82) is 0 Å². The monoisotopic (exact) mass is 339 g/mol. The summed E-state index contributed by atoms with van der Waals surface area (Å²) >= 11 is 3.21. The number of piperidine rings is 1. The molecule has 0 saturated carbocycles. The Morgan fingerprint density at radius 2 is 2.21 bits per heavy atom.